The Kier molecular flexibility index (Phi) is 6.28. The fourth-order valence-electron chi connectivity index (χ4n) is 1.33. The SMILES string of the molecule is CC(C)CNCC=CC=Cc1ccccc1. The van der Waals surface area contributed by atoms with Gasteiger partial charge < -0.3 is 5.32 Å². The van der Waals surface area contributed by atoms with E-state index < -0.39 is 0 Å². The van der Waals surface area contributed by atoms with Gasteiger partial charge in [-0.1, -0.05) is 68.5 Å². The summed E-state index contributed by atoms with van der Waals surface area (Å²) in [5.74, 6) is 0.716. The maximum absolute atomic E-state index is 3.36. The second-order valence-electron chi connectivity index (χ2n) is 4.25. The van der Waals surface area contributed by atoms with E-state index in [0.29, 0.717) is 5.92 Å². The molecule has 0 atom stereocenters. The molecule has 0 aliphatic heterocycles. The van der Waals surface area contributed by atoms with Crippen molar-refractivity contribution in [1.29, 1.82) is 0 Å². The van der Waals surface area contributed by atoms with Crippen molar-refractivity contribution in [2.24, 2.45) is 5.92 Å². The monoisotopic (exact) mass is 215 g/mol. The summed E-state index contributed by atoms with van der Waals surface area (Å²) in [6.07, 6.45) is 8.41. The summed E-state index contributed by atoms with van der Waals surface area (Å²) in [4.78, 5) is 0. The molecule has 0 aromatic heterocycles. The molecule has 0 aliphatic rings. The van der Waals surface area contributed by atoms with Crippen molar-refractivity contribution in [3.8, 4) is 0 Å². The zero-order valence-electron chi connectivity index (χ0n) is 10.2. The van der Waals surface area contributed by atoms with Crippen LogP contribution in [0.4, 0.5) is 0 Å². The second-order valence-corrected chi connectivity index (χ2v) is 4.25. The van der Waals surface area contributed by atoms with Gasteiger partial charge in [0.1, 0.15) is 0 Å². The van der Waals surface area contributed by atoms with E-state index in [1.54, 1.807) is 0 Å². The Bertz CT molecular complexity index is 323. The van der Waals surface area contributed by atoms with Crippen LogP contribution < -0.4 is 5.32 Å². The minimum atomic E-state index is 0.716. The summed E-state index contributed by atoms with van der Waals surface area (Å²) in [7, 11) is 0. The third kappa shape index (κ3) is 6.20. The topological polar surface area (TPSA) is 12.0 Å². The van der Waals surface area contributed by atoms with Crippen LogP contribution in [0.2, 0.25) is 0 Å². The van der Waals surface area contributed by atoms with E-state index in [0.717, 1.165) is 13.1 Å². The van der Waals surface area contributed by atoms with Crippen molar-refractivity contribution < 1.29 is 0 Å². The van der Waals surface area contributed by atoms with E-state index in [1.807, 2.05) is 18.2 Å². The predicted molar refractivity (Wildman–Crippen MR) is 72.3 cm³/mol. The van der Waals surface area contributed by atoms with Gasteiger partial charge >= 0.3 is 0 Å². The first-order valence-electron chi connectivity index (χ1n) is 5.88. The Morgan fingerprint density at radius 2 is 1.88 bits per heavy atom. The lowest BCUT2D eigenvalue weighted by atomic mass is 10.2. The summed E-state index contributed by atoms with van der Waals surface area (Å²) in [5, 5.41) is 3.36. The molecular formula is C15H21N. The quantitative estimate of drug-likeness (QED) is 0.565. The molecule has 1 aromatic carbocycles. The number of allylic oxidation sites excluding steroid dienone is 2. The summed E-state index contributed by atoms with van der Waals surface area (Å²) in [6, 6.07) is 10.3. The van der Waals surface area contributed by atoms with E-state index in [2.05, 4.69) is 55.6 Å². The molecule has 1 nitrogen and oxygen atoms in total. The van der Waals surface area contributed by atoms with Crippen LogP contribution in [-0.4, -0.2) is 13.1 Å². The Labute approximate surface area is 98.9 Å². The Morgan fingerprint density at radius 1 is 1.12 bits per heavy atom. The number of benzene rings is 1. The van der Waals surface area contributed by atoms with Gasteiger partial charge in [-0.05, 0) is 18.0 Å². The van der Waals surface area contributed by atoms with Crippen molar-refractivity contribution in [3.05, 3.63) is 54.1 Å². The zero-order valence-corrected chi connectivity index (χ0v) is 10.2. The summed E-state index contributed by atoms with van der Waals surface area (Å²) in [5.41, 5.74) is 1.24. The van der Waals surface area contributed by atoms with E-state index in [4.69, 9.17) is 0 Å². The van der Waals surface area contributed by atoms with Gasteiger partial charge in [0, 0.05) is 6.54 Å². The highest BCUT2D eigenvalue weighted by Gasteiger charge is 1.88. The van der Waals surface area contributed by atoms with E-state index >= 15 is 0 Å². The highest BCUT2D eigenvalue weighted by molar-refractivity contribution is 5.50. The van der Waals surface area contributed by atoms with Crippen LogP contribution in [0.15, 0.2) is 48.6 Å². The lowest BCUT2D eigenvalue weighted by Gasteiger charge is -2.03. The van der Waals surface area contributed by atoms with Crippen molar-refractivity contribution in [2.45, 2.75) is 13.8 Å². The number of hydrogen-bond donors (Lipinski definition) is 1. The fourth-order valence-corrected chi connectivity index (χ4v) is 1.33. The number of hydrogen-bond acceptors (Lipinski definition) is 1. The van der Waals surface area contributed by atoms with Crippen molar-refractivity contribution in [3.63, 3.8) is 0 Å². The van der Waals surface area contributed by atoms with Gasteiger partial charge in [0.05, 0.1) is 0 Å². The molecular weight excluding hydrogens is 194 g/mol. The van der Waals surface area contributed by atoms with Gasteiger partial charge in [0.2, 0.25) is 0 Å². The van der Waals surface area contributed by atoms with Gasteiger partial charge in [0.15, 0.2) is 0 Å². The lowest BCUT2D eigenvalue weighted by Crippen LogP contribution is -2.19. The summed E-state index contributed by atoms with van der Waals surface area (Å²) >= 11 is 0. The maximum atomic E-state index is 3.36. The summed E-state index contributed by atoms with van der Waals surface area (Å²) < 4.78 is 0. The first-order chi connectivity index (χ1) is 7.79. The average Bonchev–Trinajstić information content (AvgIpc) is 2.29. The molecule has 0 fully saturated rings. The van der Waals surface area contributed by atoms with Gasteiger partial charge in [-0.15, -0.1) is 0 Å². The second kappa shape index (κ2) is 7.89. The molecule has 0 saturated carbocycles. The number of nitrogens with one attached hydrogen (secondary N) is 1. The largest absolute Gasteiger partial charge is 0.313 e. The van der Waals surface area contributed by atoms with Gasteiger partial charge in [-0.2, -0.15) is 0 Å². The van der Waals surface area contributed by atoms with Crippen molar-refractivity contribution >= 4 is 6.08 Å². The number of rotatable bonds is 6. The van der Waals surface area contributed by atoms with Crippen LogP contribution in [0, 0.1) is 5.92 Å². The average molecular weight is 215 g/mol. The molecule has 0 bridgehead atoms. The molecule has 0 radical (unpaired) electrons. The van der Waals surface area contributed by atoms with E-state index in [1.165, 1.54) is 5.56 Å². The Balaban J connectivity index is 2.19. The Morgan fingerprint density at radius 3 is 2.56 bits per heavy atom. The molecule has 0 aliphatic carbocycles. The highest BCUT2D eigenvalue weighted by atomic mass is 14.8. The van der Waals surface area contributed by atoms with Crippen LogP contribution in [-0.2, 0) is 0 Å². The molecule has 0 spiro atoms. The highest BCUT2D eigenvalue weighted by Crippen LogP contribution is 2.00. The van der Waals surface area contributed by atoms with E-state index in [9.17, 15) is 0 Å². The molecule has 86 valence electrons. The third-order valence-electron chi connectivity index (χ3n) is 2.15. The maximum Gasteiger partial charge on any atom is 0.0138 e. The minimum absolute atomic E-state index is 0.716. The van der Waals surface area contributed by atoms with Crippen LogP contribution in [0.3, 0.4) is 0 Å². The zero-order chi connectivity index (χ0) is 11.6. The molecule has 1 rings (SSSR count). The Hall–Kier alpha value is -1.34. The molecule has 0 amide bonds. The third-order valence-corrected chi connectivity index (χ3v) is 2.15. The van der Waals surface area contributed by atoms with Crippen molar-refractivity contribution in [2.75, 3.05) is 13.1 Å². The summed E-state index contributed by atoms with van der Waals surface area (Å²) in [6.45, 7) is 6.45. The van der Waals surface area contributed by atoms with Gasteiger partial charge in [-0.25, -0.2) is 0 Å². The van der Waals surface area contributed by atoms with Crippen LogP contribution >= 0.6 is 0 Å². The lowest BCUT2D eigenvalue weighted by molar-refractivity contribution is 0.577. The normalized spacial score (nSPS) is 11.9. The first kappa shape index (κ1) is 12.7. The molecule has 1 N–H and O–H groups in total. The fraction of sp³-hybridized carbons (Fsp3) is 0.333. The van der Waals surface area contributed by atoms with E-state index in [-0.39, 0.29) is 0 Å². The standard InChI is InChI=1S/C15H21N/c1-14(2)13-16-12-8-4-7-11-15-9-5-3-6-10-15/h3-11,14,16H,12-13H2,1-2H3. The molecule has 1 aromatic rings. The van der Waals surface area contributed by atoms with Crippen LogP contribution in [0.1, 0.15) is 19.4 Å². The van der Waals surface area contributed by atoms with Crippen LogP contribution in [0.5, 0.6) is 0 Å². The van der Waals surface area contributed by atoms with Gasteiger partial charge in [0.25, 0.3) is 0 Å². The molecule has 0 heterocycles. The first-order valence-corrected chi connectivity index (χ1v) is 5.88. The van der Waals surface area contributed by atoms with Gasteiger partial charge in [-0.3, -0.25) is 0 Å². The predicted octanol–water partition coefficient (Wildman–Crippen LogP) is 3.50. The smallest absolute Gasteiger partial charge is 0.0138 e. The molecule has 1 heteroatoms. The molecule has 0 saturated heterocycles. The minimum Gasteiger partial charge on any atom is -0.313 e. The molecule has 16 heavy (non-hydrogen) atoms. The van der Waals surface area contributed by atoms with Crippen LogP contribution in [0.25, 0.3) is 6.08 Å². The molecule has 0 unspecified atom stereocenters. The van der Waals surface area contributed by atoms with Crippen molar-refractivity contribution in [1.82, 2.24) is 5.32 Å².